The van der Waals surface area contributed by atoms with Crippen LogP contribution in [0.3, 0.4) is 0 Å². The smallest absolute Gasteiger partial charge is 0.410 e. The molecule has 0 spiro atoms. The number of likely N-dealkylation sites (tertiary alicyclic amines) is 1. The first kappa shape index (κ1) is 14.6. The number of nitrogens with two attached hydrogens (primary N) is 1. The van der Waals surface area contributed by atoms with Crippen LogP contribution in [0.25, 0.3) is 0 Å². The minimum absolute atomic E-state index is 0.169. The number of ether oxygens (including phenoxy) is 1. The number of piperidine rings is 1. The molecule has 0 aliphatic carbocycles. The lowest BCUT2D eigenvalue weighted by molar-refractivity contribution is 0.00540. The van der Waals surface area contributed by atoms with E-state index in [1.807, 2.05) is 0 Å². The number of carbonyl (C=O) groups is 2. The lowest BCUT2D eigenvalue weighted by atomic mass is 10.1. The minimum Gasteiger partial charge on any atom is -0.468 e. The van der Waals surface area contributed by atoms with Gasteiger partial charge in [0.1, 0.15) is 4.60 Å². The Kier molecular flexibility index (Phi) is 4.43. The van der Waals surface area contributed by atoms with Gasteiger partial charge in [0.05, 0.1) is 11.8 Å². The predicted octanol–water partition coefficient (Wildman–Crippen LogP) is 1.81. The number of halogens is 1. The van der Waals surface area contributed by atoms with Gasteiger partial charge in [0, 0.05) is 13.0 Å². The highest BCUT2D eigenvalue weighted by Crippen LogP contribution is 2.25. The molecule has 0 bridgehead atoms. The van der Waals surface area contributed by atoms with Crippen molar-refractivity contribution in [3.8, 4) is 5.75 Å². The molecular formula is C12H14BrN3O4. The maximum absolute atomic E-state index is 11.4. The average molecular weight is 344 g/mol. The molecule has 0 aromatic carbocycles. The summed E-state index contributed by atoms with van der Waals surface area (Å²) in [4.78, 5) is 27.7. The molecule has 1 atom stereocenters. The van der Waals surface area contributed by atoms with Crippen molar-refractivity contribution < 1.29 is 19.4 Å². The quantitative estimate of drug-likeness (QED) is 0.814. The number of aromatic nitrogens is 1. The Bertz CT molecular complexity index is 537. The molecule has 8 heteroatoms. The number of primary amides is 1. The van der Waals surface area contributed by atoms with Gasteiger partial charge in [-0.1, -0.05) is 0 Å². The van der Waals surface area contributed by atoms with E-state index in [0.717, 1.165) is 12.8 Å². The second-order valence-electron chi connectivity index (χ2n) is 4.41. The van der Waals surface area contributed by atoms with E-state index in [9.17, 15) is 9.59 Å². The predicted molar refractivity (Wildman–Crippen MR) is 73.5 cm³/mol. The third-order valence-corrected chi connectivity index (χ3v) is 3.49. The number of hydrogen-bond acceptors (Lipinski definition) is 4. The van der Waals surface area contributed by atoms with Crippen molar-refractivity contribution in [3.05, 3.63) is 22.4 Å². The van der Waals surface area contributed by atoms with E-state index in [2.05, 4.69) is 20.9 Å². The Morgan fingerprint density at radius 1 is 1.50 bits per heavy atom. The van der Waals surface area contributed by atoms with Crippen molar-refractivity contribution in [1.82, 2.24) is 9.88 Å². The number of pyridine rings is 1. The van der Waals surface area contributed by atoms with Crippen LogP contribution in [0.15, 0.2) is 16.9 Å². The van der Waals surface area contributed by atoms with Crippen LogP contribution < -0.4 is 10.5 Å². The van der Waals surface area contributed by atoms with Gasteiger partial charge in [-0.2, -0.15) is 0 Å². The first-order valence-electron chi connectivity index (χ1n) is 6.10. The van der Waals surface area contributed by atoms with Gasteiger partial charge in [-0.05, 0) is 34.8 Å². The Labute approximate surface area is 123 Å². The largest absolute Gasteiger partial charge is 0.468 e. The molecule has 2 rings (SSSR count). The number of amides is 2. The summed E-state index contributed by atoms with van der Waals surface area (Å²) in [6.45, 7) is 0.413. The average Bonchev–Trinajstić information content (AvgIpc) is 2.41. The standard InChI is InChI=1S/C12H14BrN3O4/c13-9-5-7(11(14)17)8(6-15-9)20-10-3-1-2-4-16(10)12(18)19/h5-6,10H,1-4H2,(H2,14,17)(H,18,19). The zero-order chi connectivity index (χ0) is 14.7. The Morgan fingerprint density at radius 2 is 2.25 bits per heavy atom. The fourth-order valence-corrected chi connectivity index (χ4v) is 2.42. The summed E-state index contributed by atoms with van der Waals surface area (Å²) < 4.78 is 6.09. The molecular weight excluding hydrogens is 330 g/mol. The maximum atomic E-state index is 11.4. The molecule has 1 aromatic heterocycles. The lowest BCUT2D eigenvalue weighted by Gasteiger charge is -2.33. The van der Waals surface area contributed by atoms with Crippen LogP contribution >= 0.6 is 15.9 Å². The van der Waals surface area contributed by atoms with Crippen molar-refractivity contribution in [2.45, 2.75) is 25.5 Å². The van der Waals surface area contributed by atoms with Crippen molar-refractivity contribution in [1.29, 1.82) is 0 Å². The fraction of sp³-hybridized carbons (Fsp3) is 0.417. The van der Waals surface area contributed by atoms with Gasteiger partial charge in [-0.25, -0.2) is 9.78 Å². The van der Waals surface area contributed by atoms with Crippen LogP contribution in [0.4, 0.5) is 4.79 Å². The third kappa shape index (κ3) is 3.19. The van der Waals surface area contributed by atoms with Crippen LogP contribution in [-0.2, 0) is 0 Å². The van der Waals surface area contributed by atoms with Gasteiger partial charge in [-0.3, -0.25) is 9.69 Å². The van der Waals surface area contributed by atoms with Gasteiger partial charge in [-0.15, -0.1) is 0 Å². The molecule has 20 heavy (non-hydrogen) atoms. The van der Waals surface area contributed by atoms with Crippen molar-refractivity contribution in [3.63, 3.8) is 0 Å². The van der Waals surface area contributed by atoms with E-state index in [1.165, 1.54) is 17.2 Å². The van der Waals surface area contributed by atoms with Crippen LogP contribution in [0.2, 0.25) is 0 Å². The first-order valence-corrected chi connectivity index (χ1v) is 6.90. The number of carbonyl (C=O) groups excluding carboxylic acids is 1. The van der Waals surface area contributed by atoms with E-state index in [-0.39, 0.29) is 11.3 Å². The normalized spacial score (nSPS) is 18.6. The van der Waals surface area contributed by atoms with Crippen LogP contribution in [0, 0.1) is 0 Å². The first-order chi connectivity index (χ1) is 9.49. The molecule has 2 amide bonds. The molecule has 108 valence electrons. The van der Waals surface area contributed by atoms with Crippen LogP contribution in [-0.4, -0.2) is 39.8 Å². The number of carboxylic acid groups (broad SMARTS) is 1. The molecule has 1 aromatic rings. The zero-order valence-corrected chi connectivity index (χ0v) is 12.2. The summed E-state index contributed by atoms with van der Waals surface area (Å²) in [5.41, 5.74) is 5.45. The second-order valence-corrected chi connectivity index (χ2v) is 5.22. The molecule has 2 heterocycles. The number of hydrogen-bond donors (Lipinski definition) is 2. The van der Waals surface area contributed by atoms with Gasteiger partial charge < -0.3 is 15.6 Å². The highest BCUT2D eigenvalue weighted by atomic mass is 79.9. The monoisotopic (exact) mass is 343 g/mol. The van der Waals surface area contributed by atoms with Crippen LogP contribution in [0.5, 0.6) is 5.75 Å². The number of nitrogens with zero attached hydrogens (tertiary/aromatic N) is 2. The summed E-state index contributed by atoms with van der Waals surface area (Å²) in [6.07, 6.45) is 1.93. The summed E-state index contributed by atoms with van der Waals surface area (Å²) in [5.74, 6) is -0.459. The molecule has 1 aliphatic rings. The van der Waals surface area contributed by atoms with E-state index in [0.29, 0.717) is 17.6 Å². The molecule has 1 aliphatic heterocycles. The van der Waals surface area contributed by atoms with E-state index >= 15 is 0 Å². The fourth-order valence-electron chi connectivity index (χ4n) is 2.09. The van der Waals surface area contributed by atoms with Gasteiger partial charge in [0.25, 0.3) is 5.91 Å². The zero-order valence-electron chi connectivity index (χ0n) is 10.6. The second kappa shape index (κ2) is 6.08. The lowest BCUT2D eigenvalue weighted by Crippen LogP contribution is -2.46. The highest BCUT2D eigenvalue weighted by Gasteiger charge is 2.29. The molecule has 7 nitrogen and oxygen atoms in total. The summed E-state index contributed by atoms with van der Waals surface area (Å²) >= 11 is 3.15. The molecule has 0 radical (unpaired) electrons. The molecule has 0 saturated carbocycles. The van der Waals surface area contributed by atoms with Crippen molar-refractivity contribution >= 4 is 27.9 Å². The maximum Gasteiger partial charge on any atom is 0.410 e. The summed E-state index contributed by atoms with van der Waals surface area (Å²) in [7, 11) is 0. The van der Waals surface area contributed by atoms with Gasteiger partial charge in [0.2, 0.25) is 0 Å². The Morgan fingerprint density at radius 3 is 2.90 bits per heavy atom. The third-order valence-electron chi connectivity index (χ3n) is 3.06. The summed E-state index contributed by atoms with van der Waals surface area (Å²) in [6, 6.07) is 1.45. The van der Waals surface area contributed by atoms with E-state index < -0.39 is 18.2 Å². The summed E-state index contributed by atoms with van der Waals surface area (Å²) in [5, 5.41) is 9.14. The number of rotatable bonds is 3. The van der Waals surface area contributed by atoms with Crippen LogP contribution in [0.1, 0.15) is 29.6 Å². The van der Waals surface area contributed by atoms with E-state index in [1.54, 1.807) is 0 Å². The van der Waals surface area contributed by atoms with E-state index in [4.69, 9.17) is 15.6 Å². The SMILES string of the molecule is NC(=O)c1cc(Br)ncc1OC1CCCCN1C(=O)O. The molecule has 1 unspecified atom stereocenters. The topological polar surface area (TPSA) is 106 Å². The van der Waals surface area contributed by atoms with Gasteiger partial charge in [0.15, 0.2) is 12.0 Å². The highest BCUT2D eigenvalue weighted by molar-refractivity contribution is 9.10. The molecule has 1 fully saturated rings. The minimum atomic E-state index is -1.04. The molecule has 3 N–H and O–H groups in total. The Balaban J connectivity index is 2.24. The Hall–Kier alpha value is -1.83. The molecule has 1 saturated heterocycles. The van der Waals surface area contributed by atoms with Crippen molar-refractivity contribution in [2.24, 2.45) is 5.73 Å². The van der Waals surface area contributed by atoms with Gasteiger partial charge >= 0.3 is 6.09 Å². The van der Waals surface area contributed by atoms with Crippen molar-refractivity contribution in [2.75, 3.05) is 6.54 Å².